The number of carbonyl (C=O) groups is 3. The van der Waals surface area contributed by atoms with E-state index < -0.39 is 12.0 Å². The van der Waals surface area contributed by atoms with Crippen molar-refractivity contribution in [3.63, 3.8) is 0 Å². The number of carboxylic acid groups (broad SMARTS) is 1. The summed E-state index contributed by atoms with van der Waals surface area (Å²) >= 11 is 0. The number of amides is 3. The number of rotatable bonds is 6. The molecule has 1 fully saturated rings. The van der Waals surface area contributed by atoms with Crippen LogP contribution in [0.4, 0.5) is 4.79 Å². The van der Waals surface area contributed by atoms with Gasteiger partial charge in [-0.05, 0) is 19.3 Å². The number of unbranched alkanes of at least 4 members (excludes halogenated alkanes) is 1. The minimum absolute atomic E-state index is 0.0322. The molecule has 1 heterocycles. The second-order valence-corrected chi connectivity index (χ2v) is 5.17. The van der Waals surface area contributed by atoms with Crippen LogP contribution in [0.3, 0.4) is 0 Å². The summed E-state index contributed by atoms with van der Waals surface area (Å²) in [5, 5.41) is 11.4. The SMILES string of the molecule is CC(=O)N1CCN(C(=O)NCCCCC(N)C(=O)O)CC1. The molecule has 120 valence electrons. The number of piperazine rings is 1. The smallest absolute Gasteiger partial charge is 0.320 e. The van der Waals surface area contributed by atoms with Crippen molar-refractivity contribution < 1.29 is 19.5 Å². The van der Waals surface area contributed by atoms with Crippen LogP contribution in [0.2, 0.25) is 0 Å². The maximum absolute atomic E-state index is 11.9. The monoisotopic (exact) mass is 300 g/mol. The van der Waals surface area contributed by atoms with Gasteiger partial charge in [0.2, 0.25) is 5.91 Å². The molecule has 4 N–H and O–H groups in total. The van der Waals surface area contributed by atoms with Crippen molar-refractivity contribution in [2.75, 3.05) is 32.7 Å². The Kier molecular flexibility index (Phi) is 6.93. The summed E-state index contributed by atoms with van der Waals surface area (Å²) in [6, 6.07) is -0.971. The van der Waals surface area contributed by atoms with Gasteiger partial charge in [-0.1, -0.05) is 0 Å². The third kappa shape index (κ3) is 5.99. The maximum Gasteiger partial charge on any atom is 0.320 e. The van der Waals surface area contributed by atoms with E-state index in [4.69, 9.17) is 10.8 Å². The second-order valence-electron chi connectivity index (χ2n) is 5.17. The van der Waals surface area contributed by atoms with Crippen LogP contribution in [0.5, 0.6) is 0 Å². The van der Waals surface area contributed by atoms with Gasteiger partial charge in [0.1, 0.15) is 6.04 Å². The van der Waals surface area contributed by atoms with Gasteiger partial charge in [-0.25, -0.2) is 4.79 Å². The van der Waals surface area contributed by atoms with Gasteiger partial charge in [-0.3, -0.25) is 9.59 Å². The molecule has 3 amide bonds. The molecule has 1 unspecified atom stereocenters. The normalized spacial score (nSPS) is 16.5. The predicted molar refractivity (Wildman–Crippen MR) is 76.7 cm³/mol. The molecule has 1 aliphatic rings. The Morgan fingerprint density at radius 1 is 1.14 bits per heavy atom. The molecule has 8 nitrogen and oxygen atoms in total. The Bertz CT molecular complexity index is 380. The molecule has 1 saturated heterocycles. The maximum atomic E-state index is 11.9. The number of nitrogens with two attached hydrogens (primary N) is 1. The molecule has 0 aliphatic carbocycles. The van der Waals surface area contributed by atoms with Gasteiger partial charge in [0.15, 0.2) is 0 Å². The van der Waals surface area contributed by atoms with Crippen molar-refractivity contribution in [3.8, 4) is 0 Å². The Hall–Kier alpha value is -1.83. The summed E-state index contributed by atoms with van der Waals surface area (Å²) in [5.74, 6) is -0.966. The van der Waals surface area contributed by atoms with E-state index in [1.807, 2.05) is 0 Å². The third-order valence-corrected chi connectivity index (χ3v) is 3.55. The number of carbonyl (C=O) groups excluding carboxylic acids is 2. The molecule has 8 heteroatoms. The number of nitrogens with zero attached hydrogens (tertiary/aromatic N) is 2. The van der Waals surface area contributed by atoms with E-state index in [0.29, 0.717) is 52.0 Å². The molecule has 1 aliphatic heterocycles. The summed E-state index contributed by atoms with van der Waals surface area (Å²) in [4.78, 5) is 37.0. The van der Waals surface area contributed by atoms with Gasteiger partial charge in [-0.2, -0.15) is 0 Å². The van der Waals surface area contributed by atoms with Crippen molar-refractivity contribution >= 4 is 17.9 Å². The van der Waals surface area contributed by atoms with Crippen LogP contribution in [-0.2, 0) is 9.59 Å². The van der Waals surface area contributed by atoms with Crippen LogP contribution in [0, 0.1) is 0 Å². The lowest BCUT2D eigenvalue weighted by molar-refractivity contribution is -0.138. The van der Waals surface area contributed by atoms with Crippen LogP contribution >= 0.6 is 0 Å². The third-order valence-electron chi connectivity index (χ3n) is 3.55. The van der Waals surface area contributed by atoms with E-state index in [9.17, 15) is 14.4 Å². The molecular weight excluding hydrogens is 276 g/mol. The van der Waals surface area contributed by atoms with Gasteiger partial charge in [-0.15, -0.1) is 0 Å². The molecule has 21 heavy (non-hydrogen) atoms. The van der Waals surface area contributed by atoms with Crippen LogP contribution in [0.15, 0.2) is 0 Å². The van der Waals surface area contributed by atoms with E-state index in [2.05, 4.69) is 5.32 Å². The summed E-state index contributed by atoms with van der Waals surface area (Å²) in [5.41, 5.74) is 5.39. The Balaban J connectivity index is 2.12. The molecule has 0 saturated carbocycles. The fraction of sp³-hybridized carbons (Fsp3) is 0.769. The van der Waals surface area contributed by atoms with Crippen molar-refractivity contribution in [1.29, 1.82) is 0 Å². The first-order valence-corrected chi connectivity index (χ1v) is 7.18. The highest BCUT2D eigenvalue weighted by Crippen LogP contribution is 2.03. The summed E-state index contributed by atoms with van der Waals surface area (Å²) in [7, 11) is 0. The first kappa shape index (κ1) is 17.2. The average Bonchev–Trinajstić information content (AvgIpc) is 2.46. The van der Waals surface area contributed by atoms with Crippen molar-refractivity contribution in [1.82, 2.24) is 15.1 Å². The number of urea groups is 1. The molecule has 1 rings (SSSR count). The lowest BCUT2D eigenvalue weighted by Gasteiger charge is -2.34. The number of carboxylic acids is 1. The lowest BCUT2D eigenvalue weighted by atomic mass is 10.1. The minimum Gasteiger partial charge on any atom is -0.480 e. The fourth-order valence-corrected chi connectivity index (χ4v) is 2.14. The zero-order chi connectivity index (χ0) is 15.8. The van der Waals surface area contributed by atoms with Gasteiger partial charge in [0, 0.05) is 39.6 Å². The Labute approximate surface area is 124 Å². The van der Waals surface area contributed by atoms with Crippen molar-refractivity contribution in [3.05, 3.63) is 0 Å². The van der Waals surface area contributed by atoms with E-state index >= 15 is 0 Å². The highest BCUT2D eigenvalue weighted by Gasteiger charge is 2.21. The van der Waals surface area contributed by atoms with Gasteiger partial charge >= 0.3 is 12.0 Å². The zero-order valence-electron chi connectivity index (χ0n) is 12.4. The van der Waals surface area contributed by atoms with Crippen LogP contribution < -0.4 is 11.1 Å². The summed E-state index contributed by atoms with van der Waals surface area (Å²) in [6.07, 6.45) is 1.76. The van der Waals surface area contributed by atoms with Crippen molar-refractivity contribution in [2.24, 2.45) is 5.73 Å². The van der Waals surface area contributed by atoms with E-state index in [0.717, 1.165) is 0 Å². The molecule has 0 spiro atoms. The largest absolute Gasteiger partial charge is 0.480 e. The van der Waals surface area contributed by atoms with E-state index in [1.54, 1.807) is 9.80 Å². The van der Waals surface area contributed by atoms with E-state index in [1.165, 1.54) is 6.92 Å². The van der Waals surface area contributed by atoms with Gasteiger partial charge in [0.25, 0.3) is 0 Å². The topological polar surface area (TPSA) is 116 Å². The Morgan fingerprint density at radius 2 is 1.71 bits per heavy atom. The number of hydrogen-bond donors (Lipinski definition) is 3. The van der Waals surface area contributed by atoms with Crippen LogP contribution in [-0.4, -0.2) is 71.6 Å². The Morgan fingerprint density at radius 3 is 2.24 bits per heavy atom. The minimum atomic E-state index is -0.998. The standard InChI is InChI=1S/C13H24N4O4/c1-10(18)16-6-8-17(9-7-16)13(21)15-5-3-2-4-11(14)12(19)20/h11H,2-9,14H2,1H3,(H,15,21)(H,19,20). The molecule has 0 aromatic rings. The molecule has 0 aromatic heterocycles. The lowest BCUT2D eigenvalue weighted by Crippen LogP contribution is -2.52. The zero-order valence-corrected chi connectivity index (χ0v) is 12.4. The molecule has 0 radical (unpaired) electrons. The molecule has 1 atom stereocenters. The van der Waals surface area contributed by atoms with Gasteiger partial charge < -0.3 is 26.0 Å². The van der Waals surface area contributed by atoms with Gasteiger partial charge in [0.05, 0.1) is 0 Å². The first-order chi connectivity index (χ1) is 9.91. The summed E-state index contributed by atoms with van der Waals surface area (Å²) < 4.78 is 0. The number of hydrogen-bond acceptors (Lipinski definition) is 4. The van der Waals surface area contributed by atoms with Crippen LogP contribution in [0.25, 0.3) is 0 Å². The predicted octanol–water partition coefficient (Wildman–Crippen LogP) is -0.558. The summed E-state index contributed by atoms with van der Waals surface area (Å²) in [6.45, 7) is 4.23. The van der Waals surface area contributed by atoms with Crippen molar-refractivity contribution in [2.45, 2.75) is 32.2 Å². The molecular formula is C13H24N4O4. The highest BCUT2D eigenvalue weighted by molar-refractivity contribution is 5.76. The highest BCUT2D eigenvalue weighted by atomic mass is 16.4. The second kappa shape index (κ2) is 8.46. The average molecular weight is 300 g/mol. The number of nitrogens with one attached hydrogen (secondary N) is 1. The first-order valence-electron chi connectivity index (χ1n) is 7.18. The molecule has 0 aromatic carbocycles. The fourth-order valence-electron chi connectivity index (χ4n) is 2.14. The van der Waals surface area contributed by atoms with E-state index in [-0.39, 0.29) is 11.9 Å². The van der Waals surface area contributed by atoms with Crippen LogP contribution in [0.1, 0.15) is 26.2 Å². The molecule has 0 bridgehead atoms. The quantitative estimate of drug-likeness (QED) is 0.569. The number of aliphatic carboxylic acids is 1.